The number of benzene rings is 1. The van der Waals surface area contributed by atoms with E-state index in [1.807, 2.05) is 0 Å². The Labute approximate surface area is 137 Å². The molecule has 0 bridgehead atoms. The summed E-state index contributed by atoms with van der Waals surface area (Å²) in [5, 5.41) is -0.666. The molecule has 0 spiro atoms. The van der Waals surface area contributed by atoms with Gasteiger partial charge in [0.05, 0.1) is 6.04 Å². The van der Waals surface area contributed by atoms with Crippen molar-refractivity contribution in [2.24, 2.45) is 10.7 Å². The van der Waals surface area contributed by atoms with Crippen molar-refractivity contribution >= 4 is 24.5 Å². The molecule has 1 amide bonds. The Bertz CT molecular complexity index is 664. The second-order valence-corrected chi connectivity index (χ2v) is 6.28. The van der Waals surface area contributed by atoms with Crippen LogP contribution in [0.5, 0.6) is 5.75 Å². The maximum atomic E-state index is 12.5. The van der Waals surface area contributed by atoms with E-state index >= 15 is 0 Å². The van der Waals surface area contributed by atoms with Gasteiger partial charge in [0.1, 0.15) is 11.0 Å². The maximum absolute atomic E-state index is 12.5. The predicted octanol–water partition coefficient (Wildman–Crippen LogP) is 2.29. The summed E-state index contributed by atoms with van der Waals surface area (Å²) in [6.45, 7) is -2.87. The van der Waals surface area contributed by atoms with E-state index in [0.29, 0.717) is 0 Å². The maximum Gasteiger partial charge on any atom is 0.387 e. The zero-order chi connectivity index (χ0) is 16.7. The summed E-state index contributed by atoms with van der Waals surface area (Å²) in [5.74, 6) is 0.265. The van der Waals surface area contributed by atoms with Crippen molar-refractivity contribution in [1.82, 2.24) is 4.90 Å². The third-order valence-electron chi connectivity index (χ3n) is 4.11. The molecule has 8 heteroatoms. The van der Waals surface area contributed by atoms with Gasteiger partial charge < -0.3 is 10.5 Å². The number of aliphatic imine (C=N–C) groups is 1. The molecule has 2 unspecified atom stereocenters. The number of alkyl halides is 2. The standard InChI is InChI=1S/C15H17F2N3O2S/c1-20-13(21)12(23)11(19-15(20)18)8-4-5-10(22-14(16)17)9(6-8)7-2-3-7/h4-7,11-12,14,23H,2-3H2,1H3,(H2,18,19). The van der Waals surface area contributed by atoms with E-state index < -0.39 is 17.9 Å². The third-order valence-corrected chi connectivity index (χ3v) is 4.61. The summed E-state index contributed by atoms with van der Waals surface area (Å²) in [7, 11) is 1.54. The van der Waals surface area contributed by atoms with E-state index in [0.717, 1.165) is 24.0 Å². The molecule has 1 aliphatic carbocycles. The average Bonchev–Trinajstić information content (AvgIpc) is 3.33. The van der Waals surface area contributed by atoms with Crippen LogP contribution in [-0.4, -0.2) is 35.7 Å². The fraction of sp³-hybridized carbons (Fsp3) is 0.467. The molecule has 5 nitrogen and oxygen atoms in total. The lowest BCUT2D eigenvalue weighted by Crippen LogP contribution is -2.48. The number of hydrogen-bond acceptors (Lipinski definition) is 5. The number of guanidine groups is 1. The van der Waals surface area contributed by atoms with Crippen molar-refractivity contribution < 1.29 is 18.3 Å². The Balaban J connectivity index is 1.97. The number of rotatable bonds is 4. The lowest BCUT2D eigenvalue weighted by atomic mass is 9.97. The summed E-state index contributed by atoms with van der Waals surface area (Å²) in [6, 6.07) is 4.37. The van der Waals surface area contributed by atoms with Crippen LogP contribution in [0, 0.1) is 0 Å². The van der Waals surface area contributed by atoms with Crippen molar-refractivity contribution in [1.29, 1.82) is 0 Å². The largest absolute Gasteiger partial charge is 0.435 e. The van der Waals surface area contributed by atoms with Crippen LogP contribution in [0.3, 0.4) is 0 Å². The molecule has 124 valence electrons. The fourth-order valence-electron chi connectivity index (χ4n) is 2.67. The Hall–Kier alpha value is -1.83. The molecular weight excluding hydrogens is 324 g/mol. The normalized spacial score (nSPS) is 24.8. The van der Waals surface area contributed by atoms with E-state index in [-0.39, 0.29) is 23.5 Å². The second-order valence-electron chi connectivity index (χ2n) is 5.72. The Morgan fingerprint density at radius 3 is 2.74 bits per heavy atom. The summed E-state index contributed by atoms with van der Waals surface area (Å²) in [4.78, 5) is 17.7. The van der Waals surface area contributed by atoms with Crippen molar-refractivity contribution in [2.45, 2.75) is 36.7 Å². The first-order chi connectivity index (χ1) is 10.9. The lowest BCUT2D eigenvalue weighted by Gasteiger charge is -2.30. The van der Waals surface area contributed by atoms with Gasteiger partial charge in [-0.15, -0.1) is 0 Å². The third kappa shape index (κ3) is 3.12. The first-order valence-electron chi connectivity index (χ1n) is 7.26. The van der Waals surface area contributed by atoms with E-state index in [1.54, 1.807) is 12.1 Å². The number of thiol groups is 1. The molecule has 0 aromatic heterocycles. The molecule has 1 heterocycles. The molecule has 1 fully saturated rings. The molecule has 0 radical (unpaired) electrons. The second kappa shape index (κ2) is 5.99. The van der Waals surface area contributed by atoms with Crippen LogP contribution in [0.4, 0.5) is 8.78 Å². The van der Waals surface area contributed by atoms with Gasteiger partial charge in [-0.25, -0.2) is 4.99 Å². The fourth-order valence-corrected chi connectivity index (χ4v) is 3.08. The first-order valence-corrected chi connectivity index (χ1v) is 7.77. The number of halogens is 2. The van der Waals surface area contributed by atoms with E-state index in [4.69, 9.17) is 5.73 Å². The van der Waals surface area contributed by atoms with E-state index in [2.05, 4.69) is 22.4 Å². The van der Waals surface area contributed by atoms with Gasteiger partial charge in [-0.3, -0.25) is 9.69 Å². The van der Waals surface area contributed by atoms with Gasteiger partial charge in [0.2, 0.25) is 5.91 Å². The molecule has 3 rings (SSSR count). The predicted molar refractivity (Wildman–Crippen MR) is 85.0 cm³/mol. The molecule has 0 saturated heterocycles. The van der Waals surface area contributed by atoms with Crippen LogP contribution >= 0.6 is 12.6 Å². The summed E-state index contributed by atoms with van der Waals surface area (Å²) in [6.07, 6.45) is 1.87. The number of carbonyl (C=O) groups excluding carboxylic acids is 1. The molecule has 1 aromatic carbocycles. The summed E-state index contributed by atoms with van der Waals surface area (Å²) in [5.41, 5.74) is 7.21. The quantitative estimate of drug-likeness (QED) is 0.826. The Morgan fingerprint density at radius 2 is 2.13 bits per heavy atom. The van der Waals surface area contributed by atoms with Gasteiger partial charge in [-0.2, -0.15) is 21.4 Å². The van der Waals surface area contributed by atoms with Crippen LogP contribution in [-0.2, 0) is 4.79 Å². The topological polar surface area (TPSA) is 67.9 Å². The van der Waals surface area contributed by atoms with Crippen LogP contribution in [0.2, 0.25) is 0 Å². The van der Waals surface area contributed by atoms with E-state index in [9.17, 15) is 13.6 Å². The summed E-state index contributed by atoms with van der Waals surface area (Å²) < 4.78 is 29.6. The van der Waals surface area contributed by atoms with Crippen molar-refractivity contribution in [3.05, 3.63) is 29.3 Å². The monoisotopic (exact) mass is 341 g/mol. The zero-order valence-electron chi connectivity index (χ0n) is 12.4. The van der Waals surface area contributed by atoms with Gasteiger partial charge in [-0.05, 0) is 42.0 Å². The van der Waals surface area contributed by atoms with Crippen LogP contribution in [0.1, 0.15) is 35.9 Å². The van der Waals surface area contributed by atoms with Crippen LogP contribution < -0.4 is 10.5 Å². The van der Waals surface area contributed by atoms with Crippen molar-refractivity contribution in [3.8, 4) is 5.75 Å². The number of carbonyl (C=O) groups is 1. The minimum atomic E-state index is -2.87. The van der Waals surface area contributed by atoms with Crippen molar-refractivity contribution in [3.63, 3.8) is 0 Å². The molecule has 2 aliphatic rings. The highest BCUT2D eigenvalue weighted by Crippen LogP contribution is 2.46. The molecular formula is C15H17F2N3O2S. The van der Waals surface area contributed by atoms with Crippen LogP contribution in [0.25, 0.3) is 0 Å². The highest BCUT2D eigenvalue weighted by Gasteiger charge is 2.36. The first kappa shape index (κ1) is 16.0. The van der Waals surface area contributed by atoms with Crippen molar-refractivity contribution in [2.75, 3.05) is 7.05 Å². The Morgan fingerprint density at radius 1 is 1.43 bits per heavy atom. The SMILES string of the molecule is CN1C(=O)C(S)C(c2ccc(OC(F)F)c(C3CC3)c2)N=C1N. The Kier molecular flexibility index (Phi) is 4.18. The average molecular weight is 341 g/mol. The molecule has 23 heavy (non-hydrogen) atoms. The minimum Gasteiger partial charge on any atom is -0.435 e. The number of ether oxygens (including phenoxy) is 1. The molecule has 1 aromatic rings. The van der Waals surface area contributed by atoms with Gasteiger partial charge in [0.15, 0.2) is 5.96 Å². The minimum absolute atomic E-state index is 0.117. The molecule has 2 N–H and O–H groups in total. The lowest BCUT2D eigenvalue weighted by molar-refractivity contribution is -0.126. The highest BCUT2D eigenvalue weighted by molar-refractivity contribution is 7.81. The smallest absolute Gasteiger partial charge is 0.387 e. The number of nitrogens with zero attached hydrogens (tertiary/aromatic N) is 2. The summed E-state index contributed by atoms with van der Waals surface area (Å²) >= 11 is 4.34. The van der Waals surface area contributed by atoms with Gasteiger partial charge >= 0.3 is 6.61 Å². The molecule has 1 aliphatic heterocycles. The van der Waals surface area contributed by atoms with Crippen LogP contribution in [0.15, 0.2) is 23.2 Å². The van der Waals surface area contributed by atoms with E-state index in [1.165, 1.54) is 18.0 Å². The number of amides is 1. The molecule has 1 saturated carbocycles. The number of nitrogens with two attached hydrogens (primary N) is 1. The van der Waals surface area contributed by atoms with Gasteiger partial charge in [0, 0.05) is 7.05 Å². The highest BCUT2D eigenvalue weighted by atomic mass is 32.1. The van der Waals surface area contributed by atoms with Gasteiger partial charge in [-0.1, -0.05) is 6.07 Å². The molecule has 2 atom stereocenters. The van der Waals surface area contributed by atoms with Gasteiger partial charge in [0.25, 0.3) is 0 Å². The zero-order valence-corrected chi connectivity index (χ0v) is 13.3. The number of hydrogen-bond donors (Lipinski definition) is 2.